The van der Waals surface area contributed by atoms with Crippen molar-refractivity contribution in [3.8, 4) is 11.3 Å². The van der Waals surface area contributed by atoms with Gasteiger partial charge in [-0.15, -0.1) is 23.1 Å². The molecule has 0 saturated heterocycles. The Morgan fingerprint density at radius 2 is 1.71 bits per heavy atom. The molecule has 3 aromatic carbocycles. The van der Waals surface area contributed by atoms with Crippen molar-refractivity contribution in [3.63, 3.8) is 0 Å². The fraction of sp³-hybridized carbons (Fsp3) is 0.120. The van der Waals surface area contributed by atoms with E-state index in [1.165, 1.54) is 44.8 Å². The van der Waals surface area contributed by atoms with Gasteiger partial charge in [-0.2, -0.15) is 0 Å². The van der Waals surface area contributed by atoms with Crippen molar-refractivity contribution in [1.29, 1.82) is 0 Å². The summed E-state index contributed by atoms with van der Waals surface area (Å²) < 4.78 is 27.7. The minimum Gasteiger partial charge on any atom is -0.298 e. The van der Waals surface area contributed by atoms with Crippen LogP contribution in [-0.2, 0) is 15.8 Å². The number of carbonyl (C=O) groups is 1. The summed E-state index contributed by atoms with van der Waals surface area (Å²) in [6.45, 7) is 2.08. The van der Waals surface area contributed by atoms with Crippen molar-refractivity contribution in [2.45, 2.75) is 22.5 Å². The van der Waals surface area contributed by atoms with Gasteiger partial charge < -0.3 is 0 Å². The Morgan fingerprint density at radius 3 is 2.44 bits per heavy atom. The van der Waals surface area contributed by atoms with Crippen molar-refractivity contribution in [2.75, 3.05) is 16.2 Å². The number of thioether (sulfide) groups is 1. The average molecular weight is 508 g/mol. The summed E-state index contributed by atoms with van der Waals surface area (Å²) in [6, 6.07) is 23.1. The molecule has 6 nitrogen and oxygen atoms in total. The lowest BCUT2D eigenvalue weighted by Crippen LogP contribution is -2.30. The molecule has 172 valence electrons. The Bertz CT molecular complexity index is 1450. The molecule has 4 aromatic rings. The molecule has 9 heteroatoms. The maximum absolute atomic E-state index is 13.2. The van der Waals surface area contributed by atoms with E-state index in [0.717, 1.165) is 21.9 Å². The number of hydrogen-bond acceptors (Lipinski definition) is 6. The van der Waals surface area contributed by atoms with Crippen LogP contribution in [0.3, 0.4) is 0 Å². The summed E-state index contributed by atoms with van der Waals surface area (Å²) in [6.07, 6.45) is 0. The molecule has 0 spiro atoms. The number of thiazole rings is 1. The van der Waals surface area contributed by atoms with Gasteiger partial charge in [-0.3, -0.25) is 14.4 Å². The lowest BCUT2D eigenvalue weighted by molar-refractivity contribution is 0.102. The monoisotopic (exact) mass is 507 g/mol. The van der Waals surface area contributed by atoms with Crippen LogP contribution in [-0.4, -0.2) is 25.9 Å². The largest absolute Gasteiger partial charge is 0.298 e. The molecule has 1 amide bonds. The molecular weight excluding hydrogens is 486 g/mol. The zero-order valence-corrected chi connectivity index (χ0v) is 20.7. The van der Waals surface area contributed by atoms with E-state index in [2.05, 4.69) is 16.4 Å². The van der Waals surface area contributed by atoms with Crippen molar-refractivity contribution >= 4 is 49.8 Å². The van der Waals surface area contributed by atoms with E-state index in [1.54, 1.807) is 43.0 Å². The number of nitrogens with zero attached hydrogens (tertiary/aromatic N) is 2. The van der Waals surface area contributed by atoms with Crippen molar-refractivity contribution in [2.24, 2.45) is 0 Å². The van der Waals surface area contributed by atoms with Gasteiger partial charge in [0.2, 0.25) is 0 Å². The molecule has 0 fully saturated rings. The van der Waals surface area contributed by atoms with Crippen molar-refractivity contribution < 1.29 is 13.2 Å². The molecule has 2 heterocycles. The number of amides is 1. The number of nitrogens with one attached hydrogen (secondary N) is 1. The Balaban J connectivity index is 1.35. The third-order valence-electron chi connectivity index (χ3n) is 5.45. The fourth-order valence-electron chi connectivity index (χ4n) is 3.81. The summed E-state index contributed by atoms with van der Waals surface area (Å²) in [7, 11) is -3.75. The summed E-state index contributed by atoms with van der Waals surface area (Å²) in [5.41, 5.74) is 2.96. The Morgan fingerprint density at radius 1 is 1.00 bits per heavy atom. The number of carbonyl (C=O) groups excluding carboxylic acids is 1. The Labute approximate surface area is 206 Å². The van der Waals surface area contributed by atoms with E-state index < -0.39 is 10.0 Å². The maximum atomic E-state index is 13.2. The third kappa shape index (κ3) is 4.22. The molecule has 0 radical (unpaired) electrons. The number of rotatable bonds is 6. The summed E-state index contributed by atoms with van der Waals surface area (Å²) in [5.74, 6) is 0.494. The zero-order chi connectivity index (χ0) is 23.7. The number of benzene rings is 3. The normalized spacial score (nSPS) is 12.5. The maximum Gasteiger partial charge on any atom is 0.264 e. The Hall–Kier alpha value is -3.14. The number of fused-ring (bicyclic) bond motifs is 3. The van der Waals surface area contributed by atoms with Gasteiger partial charge in [-0.25, -0.2) is 13.4 Å². The molecule has 0 aliphatic carbocycles. The molecule has 5 rings (SSSR count). The first-order chi connectivity index (χ1) is 16.5. The summed E-state index contributed by atoms with van der Waals surface area (Å²) >= 11 is 3.23. The van der Waals surface area contributed by atoms with Gasteiger partial charge in [-0.05, 0) is 49.4 Å². The van der Waals surface area contributed by atoms with Crippen LogP contribution in [0.4, 0.5) is 10.8 Å². The lowest BCUT2D eigenvalue weighted by atomic mass is 10.1. The number of anilines is 2. The zero-order valence-electron chi connectivity index (χ0n) is 18.3. The first kappa shape index (κ1) is 22.6. The van der Waals surface area contributed by atoms with Gasteiger partial charge in [0, 0.05) is 33.2 Å². The number of hydrogen-bond donors (Lipinski definition) is 1. The molecule has 34 heavy (non-hydrogen) atoms. The van der Waals surface area contributed by atoms with Crippen LogP contribution in [0.2, 0.25) is 0 Å². The highest BCUT2D eigenvalue weighted by atomic mass is 32.2. The van der Waals surface area contributed by atoms with Crippen LogP contribution in [0.5, 0.6) is 0 Å². The summed E-state index contributed by atoms with van der Waals surface area (Å²) in [4.78, 5) is 19.9. The first-order valence-electron chi connectivity index (χ1n) is 10.7. The van der Waals surface area contributed by atoms with Gasteiger partial charge in [-0.1, -0.05) is 36.4 Å². The van der Waals surface area contributed by atoms with E-state index in [0.29, 0.717) is 22.9 Å². The van der Waals surface area contributed by atoms with E-state index in [4.69, 9.17) is 0 Å². The smallest absolute Gasteiger partial charge is 0.264 e. The van der Waals surface area contributed by atoms with Crippen molar-refractivity contribution in [3.05, 3.63) is 89.3 Å². The minimum atomic E-state index is -3.75. The van der Waals surface area contributed by atoms with Gasteiger partial charge in [0.1, 0.15) is 0 Å². The minimum absolute atomic E-state index is 0.132. The standard InChI is InChI=1S/C25H21N3O3S3/c1-2-28(18-8-4-3-5-9-18)34(30,31)19-14-12-17(13-15-19)24(29)27-25-26-23-20-10-6-7-11-21(20)32-16-22(23)33-25/h3-15H,2,16H2,1H3,(H,26,27,29). The fourth-order valence-corrected chi connectivity index (χ4v) is 7.38. The second kappa shape index (κ2) is 9.25. The molecular formula is C25H21N3O3S3. The molecule has 0 bridgehead atoms. The predicted molar refractivity (Wildman–Crippen MR) is 138 cm³/mol. The SMILES string of the molecule is CCN(c1ccccc1)S(=O)(=O)c1ccc(C(=O)Nc2nc3c(s2)CSc2ccccc2-3)cc1. The topological polar surface area (TPSA) is 79.4 Å². The quantitative estimate of drug-likeness (QED) is 0.352. The number of aromatic nitrogens is 1. The van der Waals surface area contributed by atoms with E-state index in [1.807, 2.05) is 24.3 Å². The van der Waals surface area contributed by atoms with E-state index in [-0.39, 0.29) is 10.8 Å². The molecule has 0 unspecified atom stereocenters. The first-order valence-corrected chi connectivity index (χ1v) is 13.9. The van der Waals surface area contributed by atoms with Gasteiger partial charge >= 0.3 is 0 Å². The Kier molecular flexibility index (Phi) is 6.16. The average Bonchev–Trinajstić information content (AvgIpc) is 3.28. The van der Waals surface area contributed by atoms with Crippen LogP contribution < -0.4 is 9.62 Å². The highest BCUT2D eigenvalue weighted by molar-refractivity contribution is 7.98. The lowest BCUT2D eigenvalue weighted by Gasteiger charge is -2.22. The highest BCUT2D eigenvalue weighted by Gasteiger charge is 2.25. The molecule has 1 aliphatic rings. The van der Waals surface area contributed by atoms with Gasteiger partial charge in [0.25, 0.3) is 15.9 Å². The number of sulfonamides is 1. The van der Waals surface area contributed by atoms with Crippen LogP contribution in [0.1, 0.15) is 22.2 Å². The van der Waals surface area contributed by atoms with Crippen molar-refractivity contribution in [1.82, 2.24) is 4.98 Å². The van der Waals surface area contributed by atoms with Crippen LogP contribution in [0.25, 0.3) is 11.3 Å². The predicted octanol–water partition coefficient (Wildman–Crippen LogP) is 5.88. The van der Waals surface area contributed by atoms with Gasteiger partial charge in [0.15, 0.2) is 5.13 Å². The van der Waals surface area contributed by atoms with E-state index >= 15 is 0 Å². The molecule has 1 aromatic heterocycles. The highest BCUT2D eigenvalue weighted by Crippen LogP contribution is 2.44. The molecule has 1 N–H and O–H groups in total. The second-order valence-electron chi connectivity index (χ2n) is 7.56. The van der Waals surface area contributed by atoms with Crippen LogP contribution >= 0.6 is 23.1 Å². The summed E-state index contributed by atoms with van der Waals surface area (Å²) in [5, 5.41) is 3.40. The molecule has 0 saturated carbocycles. The number of para-hydroxylation sites is 1. The second-order valence-corrected chi connectivity index (χ2v) is 11.5. The van der Waals surface area contributed by atoms with E-state index in [9.17, 15) is 13.2 Å². The van der Waals surface area contributed by atoms with Crippen LogP contribution in [0, 0.1) is 0 Å². The third-order valence-corrected chi connectivity index (χ3v) is 9.63. The molecule has 0 atom stereocenters. The van der Waals surface area contributed by atoms with Gasteiger partial charge in [0.05, 0.1) is 16.3 Å². The molecule has 1 aliphatic heterocycles. The van der Waals surface area contributed by atoms with Crippen LogP contribution in [0.15, 0.2) is 88.7 Å².